The Morgan fingerprint density at radius 3 is 2.72 bits per heavy atom. The monoisotopic (exact) mass is 245 g/mol. The van der Waals surface area contributed by atoms with E-state index in [0.717, 1.165) is 31.1 Å². The molecule has 0 saturated heterocycles. The predicted octanol–water partition coefficient (Wildman–Crippen LogP) is 2.37. The van der Waals surface area contributed by atoms with E-state index in [-0.39, 0.29) is 5.92 Å². The molecule has 4 heteroatoms. The van der Waals surface area contributed by atoms with Crippen LogP contribution in [0.5, 0.6) is 0 Å². The smallest absolute Gasteiger partial charge is 0.234 e. The first-order valence-corrected chi connectivity index (χ1v) is 6.37. The lowest BCUT2D eigenvalue weighted by molar-refractivity contribution is 0.358. The minimum absolute atomic E-state index is 0.196. The van der Waals surface area contributed by atoms with Gasteiger partial charge in [-0.1, -0.05) is 42.4 Å². The van der Waals surface area contributed by atoms with Gasteiger partial charge in [0.25, 0.3) is 0 Å². The quantitative estimate of drug-likeness (QED) is 0.849. The van der Waals surface area contributed by atoms with Gasteiger partial charge >= 0.3 is 0 Å². The summed E-state index contributed by atoms with van der Waals surface area (Å²) < 4.78 is 5.38. The number of hydrogen-bond acceptors (Lipinski definition) is 4. The van der Waals surface area contributed by atoms with Crippen molar-refractivity contribution in [3.05, 3.63) is 47.6 Å². The van der Waals surface area contributed by atoms with Crippen LogP contribution in [0, 0.1) is 0 Å². The second-order valence-electron chi connectivity index (χ2n) is 4.27. The fraction of sp³-hybridized carbons (Fsp3) is 0.429. The van der Waals surface area contributed by atoms with Gasteiger partial charge in [-0.2, -0.15) is 4.98 Å². The van der Waals surface area contributed by atoms with Gasteiger partial charge in [0.05, 0.1) is 5.92 Å². The number of nitrogens with one attached hydrogen (secondary N) is 1. The average molecular weight is 245 g/mol. The number of aromatic nitrogens is 2. The van der Waals surface area contributed by atoms with Crippen molar-refractivity contribution in [1.29, 1.82) is 0 Å². The minimum Gasteiger partial charge on any atom is -0.339 e. The van der Waals surface area contributed by atoms with E-state index in [2.05, 4.69) is 34.5 Å². The largest absolute Gasteiger partial charge is 0.339 e. The second-order valence-corrected chi connectivity index (χ2v) is 4.27. The Balaban J connectivity index is 2.15. The molecule has 0 fully saturated rings. The van der Waals surface area contributed by atoms with Gasteiger partial charge in [0.1, 0.15) is 0 Å². The molecule has 0 bridgehead atoms. The lowest BCUT2D eigenvalue weighted by Crippen LogP contribution is -2.11. The van der Waals surface area contributed by atoms with Crippen molar-refractivity contribution in [2.75, 3.05) is 13.6 Å². The van der Waals surface area contributed by atoms with Crippen molar-refractivity contribution in [2.24, 2.45) is 0 Å². The number of rotatable bonds is 6. The summed E-state index contributed by atoms with van der Waals surface area (Å²) in [6.45, 7) is 3.00. The molecule has 18 heavy (non-hydrogen) atoms. The molecule has 1 unspecified atom stereocenters. The summed E-state index contributed by atoms with van der Waals surface area (Å²) in [6.07, 6.45) is 1.75. The van der Waals surface area contributed by atoms with E-state index in [9.17, 15) is 0 Å². The van der Waals surface area contributed by atoms with E-state index in [0.29, 0.717) is 0 Å². The Hall–Kier alpha value is -1.68. The van der Waals surface area contributed by atoms with Gasteiger partial charge in [-0.05, 0) is 19.0 Å². The highest BCUT2D eigenvalue weighted by atomic mass is 16.5. The Morgan fingerprint density at radius 1 is 1.28 bits per heavy atom. The molecule has 2 rings (SSSR count). The molecule has 0 saturated carbocycles. The van der Waals surface area contributed by atoms with Crippen molar-refractivity contribution < 1.29 is 4.52 Å². The van der Waals surface area contributed by atoms with Crippen molar-refractivity contribution in [1.82, 2.24) is 15.5 Å². The first kappa shape index (κ1) is 12.8. The summed E-state index contributed by atoms with van der Waals surface area (Å²) in [6, 6.07) is 10.3. The molecule has 1 aromatic heterocycles. The van der Waals surface area contributed by atoms with Crippen LogP contribution < -0.4 is 5.32 Å². The van der Waals surface area contributed by atoms with Gasteiger partial charge in [-0.3, -0.25) is 0 Å². The van der Waals surface area contributed by atoms with Crippen LogP contribution in [0.3, 0.4) is 0 Å². The lowest BCUT2D eigenvalue weighted by atomic mass is 9.96. The molecule has 1 heterocycles. The molecule has 1 aromatic carbocycles. The standard InChI is InChI=1S/C14H19N3O/c1-3-12(11-7-5-4-6-8-11)14-16-13(17-18-14)9-10-15-2/h4-8,12,15H,3,9-10H2,1-2H3. The zero-order chi connectivity index (χ0) is 12.8. The maximum Gasteiger partial charge on any atom is 0.234 e. The van der Waals surface area contributed by atoms with E-state index >= 15 is 0 Å². The highest BCUT2D eigenvalue weighted by Crippen LogP contribution is 2.26. The summed E-state index contributed by atoms with van der Waals surface area (Å²) in [4.78, 5) is 4.48. The van der Waals surface area contributed by atoms with Gasteiger partial charge in [-0.25, -0.2) is 0 Å². The third-order valence-corrected chi connectivity index (χ3v) is 2.99. The van der Waals surface area contributed by atoms with Crippen molar-refractivity contribution >= 4 is 0 Å². The van der Waals surface area contributed by atoms with Gasteiger partial charge in [0.2, 0.25) is 5.89 Å². The highest BCUT2D eigenvalue weighted by molar-refractivity contribution is 5.24. The Bertz CT molecular complexity index is 467. The molecular weight excluding hydrogens is 226 g/mol. The Morgan fingerprint density at radius 2 is 2.06 bits per heavy atom. The van der Waals surface area contributed by atoms with Gasteiger partial charge in [-0.15, -0.1) is 0 Å². The first-order valence-electron chi connectivity index (χ1n) is 6.37. The topological polar surface area (TPSA) is 51.0 Å². The number of likely N-dealkylation sites (N-methyl/N-ethyl adjacent to an activating group) is 1. The van der Waals surface area contributed by atoms with Crippen molar-refractivity contribution in [2.45, 2.75) is 25.7 Å². The maximum atomic E-state index is 5.38. The van der Waals surface area contributed by atoms with Crippen LogP contribution in [0.1, 0.15) is 36.5 Å². The fourth-order valence-corrected chi connectivity index (χ4v) is 1.99. The van der Waals surface area contributed by atoms with E-state index in [1.54, 1.807) is 0 Å². The van der Waals surface area contributed by atoms with Gasteiger partial charge < -0.3 is 9.84 Å². The van der Waals surface area contributed by atoms with Crippen LogP contribution >= 0.6 is 0 Å². The summed E-state index contributed by atoms with van der Waals surface area (Å²) in [5.41, 5.74) is 1.23. The molecule has 0 radical (unpaired) electrons. The van der Waals surface area contributed by atoms with Gasteiger partial charge in [0, 0.05) is 13.0 Å². The molecule has 96 valence electrons. The Labute approximate surface area is 107 Å². The molecule has 0 aliphatic rings. The molecule has 0 aliphatic heterocycles. The number of benzene rings is 1. The summed E-state index contributed by atoms with van der Waals surface area (Å²) in [5, 5.41) is 7.10. The number of hydrogen-bond donors (Lipinski definition) is 1. The fourth-order valence-electron chi connectivity index (χ4n) is 1.99. The molecule has 0 amide bonds. The SMILES string of the molecule is CCC(c1ccccc1)c1nc(CCNC)no1. The molecular formula is C14H19N3O. The average Bonchev–Trinajstić information content (AvgIpc) is 2.87. The molecule has 1 N–H and O–H groups in total. The zero-order valence-electron chi connectivity index (χ0n) is 10.9. The minimum atomic E-state index is 0.196. The van der Waals surface area contributed by atoms with E-state index in [1.165, 1.54) is 5.56 Å². The van der Waals surface area contributed by atoms with Crippen LogP contribution in [0.2, 0.25) is 0 Å². The molecule has 2 aromatic rings. The van der Waals surface area contributed by atoms with Crippen LogP contribution in [-0.2, 0) is 6.42 Å². The summed E-state index contributed by atoms with van der Waals surface area (Å²) in [5.74, 6) is 1.69. The van der Waals surface area contributed by atoms with Crippen LogP contribution in [0.25, 0.3) is 0 Å². The first-order chi connectivity index (χ1) is 8.85. The normalized spacial score (nSPS) is 12.6. The van der Waals surface area contributed by atoms with Crippen LogP contribution in [0.4, 0.5) is 0 Å². The third kappa shape index (κ3) is 2.96. The maximum absolute atomic E-state index is 5.38. The summed E-state index contributed by atoms with van der Waals surface area (Å²) in [7, 11) is 1.92. The summed E-state index contributed by atoms with van der Waals surface area (Å²) >= 11 is 0. The van der Waals surface area contributed by atoms with Crippen LogP contribution in [0.15, 0.2) is 34.9 Å². The van der Waals surface area contributed by atoms with Crippen molar-refractivity contribution in [3.63, 3.8) is 0 Å². The van der Waals surface area contributed by atoms with E-state index in [1.807, 2.05) is 25.2 Å². The second kappa shape index (κ2) is 6.31. The van der Waals surface area contributed by atoms with E-state index in [4.69, 9.17) is 4.52 Å². The highest BCUT2D eigenvalue weighted by Gasteiger charge is 2.18. The van der Waals surface area contributed by atoms with E-state index < -0.39 is 0 Å². The molecule has 0 aliphatic carbocycles. The molecule has 1 atom stereocenters. The molecule has 0 spiro atoms. The number of nitrogens with zero attached hydrogens (tertiary/aromatic N) is 2. The van der Waals surface area contributed by atoms with Crippen molar-refractivity contribution in [3.8, 4) is 0 Å². The Kier molecular flexibility index (Phi) is 4.47. The van der Waals surface area contributed by atoms with Gasteiger partial charge in [0.15, 0.2) is 5.82 Å². The lowest BCUT2D eigenvalue weighted by Gasteiger charge is -2.09. The predicted molar refractivity (Wildman–Crippen MR) is 70.5 cm³/mol. The molecule has 4 nitrogen and oxygen atoms in total. The van der Waals surface area contributed by atoms with Crippen LogP contribution in [-0.4, -0.2) is 23.7 Å². The third-order valence-electron chi connectivity index (χ3n) is 2.99. The zero-order valence-corrected chi connectivity index (χ0v) is 10.9.